The lowest BCUT2D eigenvalue weighted by Gasteiger charge is -2.35. The van der Waals surface area contributed by atoms with E-state index in [0.29, 0.717) is 0 Å². The first-order chi connectivity index (χ1) is 16.8. The summed E-state index contributed by atoms with van der Waals surface area (Å²) < 4.78 is 5.74. The number of benzene rings is 2. The zero-order valence-corrected chi connectivity index (χ0v) is 19.9. The number of hydrogen-bond donors (Lipinski definition) is 0. The van der Waals surface area contributed by atoms with E-state index in [1.807, 2.05) is 12.3 Å². The van der Waals surface area contributed by atoms with E-state index in [2.05, 4.69) is 92.4 Å². The molecule has 2 aromatic carbocycles. The van der Waals surface area contributed by atoms with Crippen molar-refractivity contribution in [2.24, 2.45) is 0 Å². The quantitative estimate of drug-likeness (QED) is 0.357. The van der Waals surface area contributed by atoms with Crippen molar-refractivity contribution < 1.29 is 4.52 Å². The number of rotatable bonds is 9. The van der Waals surface area contributed by atoms with Crippen LogP contribution < -0.4 is 4.90 Å². The van der Waals surface area contributed by atoms with Crippen LogP contribution in [0.25, 0.3) is 22.0 Å². The second kappa shape index (κ2) is 10.8. The zero-order chi connectivity index (χ0) is 23.2. The maximum absolute atomic E-state index is 5.74. The highest BCUT2D eigenvalue weighted by atomic mass is 16.5. The van der Waals surface area contributed by atoms with Crippen LogP contribution >= 0.6 is 0 Å². The molecule has 1 aliphatic heterocycles. The largest absolute Gasteiger partial charge is 0.359 e. The molecule has 5 rings (SSSR count). The van der Waals surface area contributed by atoms with Crippen LogP contribution in [-0.2, 0) is 6.54 Å². The Morgan fingerprint density at radius 3 is 2.59 bits per heavy atom. The fraction of sp³-hybridized carbons (Fsp3) is 0.357. The minimum Gasteiger partial charge on any atom is -0.359 e. The molecule has 1 fully saturated rings. The summed E-state index contributed by atoms with van der Waals surface area (Å²) in [6.45, 7) is 10.5. The van der Waals surface area contributed by atoms with Crippen molar-refractivity contribution in [2.45, 2.75) is 19.9 Å². The van der Waals surface area contributed by atoms with Crippen molar-refractivity contribution in [1.29, 1.82) is 0 Å². The number of aromatic nitrogens is 2. The Morgan fingerprint density at radius 2 is 1.76 bits per heavy atom. The highest BCUT2D eigenvalue weighted by molar-refractivity contribution is 5.95. The van der Waals surface area contributed by atoms with E-state index < -0.39 is 0 Å². The van der Waals surface area contributed by atoms with Gasteiger partial charge in [-0.05, 0) is 49.0 Å². The molecule has 3 heterocycles. The van der Waals surface area contributed by atoms with Gasteiger partial charge in [0, 0.05) is 44.0 Å². The number of pyridine rings is 1. The van der Waals surface area contributed by atoms with E-state index in [1.165, 1.54) is 10.8 Å². The predicted octanol–water partition coefficient (Wildman–Crippen LogP) is 4.92. The maximum Gasteiger partial charge on any atom is 0.151 e. The second-order valence-corrected chi connectivity index (χ2v) is 8.94. The highest BCUT2D eigenvalue weighted by Crippen LogP contribution is 2.28. The molecule has 0 spiro atoms. The van der Waals surface area contributed by atoms with Crippen LogP contribution in [0.1, 0.15) is 19.1 Å². The molecule has 0 atom stereocenters. The second-order valence-electron chi connectivity index (χ2n) is 8.94. The van der Waals surface area contributed by atoms with Crippen molar-refractivity contribution in [1.82, 2.24) is 19.9 Å². The van der Waals surface area contributed by atoms with Gasteiger partial charge < -0.3 is 9.42 Å². The third kappa shape index (κ3) is 5.29. The first kappa shape index (κ1) is 22.6. The van der Waals surface area contributed by atoms with Crippen LogP contribution in [0.15, 0.2) is 77.4 Å². The smallest absolute Gasteiger partial charge is 0.151 e. The topological polar surface area (TPSA) is 48.6 Å². The molecular formula is C28H33N5O. The van der Waals surface area contributed by atoms with Gasteiger partial charge in [0.15, 0.2) is 5.76 Å². The monoisotopic (exact) mass is 455 g/mol. The van der Waals surface area contributed by atoms with Crippen molar-refractivity contribution in [3.05, 3.63) is 78.7 Å². The Bertz CT molecular complexity index is 1180. The first-order valence-corrected chi connectivity index (χ1v) is 12.3. The standard InChI is InChI=1S/C28H33N5O/c1-2-31(15-8-16-32-17-19-33(20-18-32)28-13-5-6-14-29-28)22-24-21-27(30-34-24)26-12-7-10-23-9-3-4-11-25(23)26/h3-7,9-14,21H,2,8,15-20,22H2,1H3. The lowest BCUT2D eigenvalue weighted by molar-refractivity contribution is 0.206. The summed E-state index contributed by atoms with van der Waals surface area (Å²) >= 11 is 0. The summed E-state index contributed by atoms with van der Waals surface area (Å²) in [5, 5.41) is 6.82. The third-order valence-corrected chi connectivity index (χ3v) is 6.75. The molecule has 0 amide bonds. The summed E-state index contributed by atoms with van der Waals surface area (Å²) in [5.41, 5.74) is 2.04. The number of fused-ring (bicyclic) bond motifs is 1. The van der Waals surface area contributed by atoms with Gasteiger partial charge in [-0.15, -0.1) is 0 Å². The van der Waals surface area contributed by atoms with Crippen LogP contribution in [0.4, 0.5) is 5.82 Å². The summed E-state index contributed by atoms with van der Waals surface area (Å²) in [6, 6.07) is 23.0. The van der Waals surface area contributed by atoms with E-state index in [-0.39, 0.29) is 0 Å². The highest BCUT2D eigenvalue weighted by Gasteiger charge is 2.18. The molecule has 0 N–H and O–H groups in total. The van der Waals surface area contributed by atoms with Gasteiger partial charge >= 0.3 is 0 Å². The first-order valence-electron chi connectivity index (χ1n) is 12.3. The Kier molecular flexibility index (Phi) is 7.17. The average Bonchev–Trinajstić information content (AvgIpc) is 3.37. The molecule has 2 aromatic heterocycles. The van der Waals surface area contributed by atoms with Crippen LogP contribution in [-0.4, -0.2) is 65.8 Å². The Labute approximate surface area is 201 Å². The molecule has 0 saturated carbocycles. The Hall–Kier alpha value is -3.22. The SMILES string of the molecule is CCN(CCCN1CCN(c2ccccn2)CC1)Cc1cc(-c2cccc3ccccc23)no1. The van der Waals surface area contributed by atoms with E-state index in [1.54, 1.807) is 0 Å². The molecule has 1 saturated heterocycles. The van der Waals surface area contributed by atoms with E-state index in [4.69, 9.17) is 4.52 Å². The summed E-state index contributed by atoms with van der Waals surface area (Å²) in [7, 11) is 0. The van der Waals surface area contributed by atoms with Crippen LogP contribution in [0.5, 0.6) is 0 Å². The minimum atomic E-state index is 0.793. The molecule has 0 bridgehead atoms. The molecular weight excluding hydrogens is 422 g/mol. The minimum absolute atomic E-state index is 0.793. The van der Waals surface area contributed by atoms with Gasteiger partial charge in [-0.3, -0.25) is 9.80 Å². The van der Waals surface area contributed by atoms with E-state index in [9.17, 15) is 0 Å². The Balaban J connectivity index is 1.11. The van der Waals surface area contributed by atoms with Gasteiger partial charge in [0.25, 0.3) is 0 Å². The van der Waals surface area contributed by atoms with Crippen molar-refractivity contribution >= 4 is 16.6 Å². The molecule has 4 aromatic rings. The van der Waals surface area contributed by atoms with Crippen molar-refractivity contribution in [3.63, 3.8) is 0 Å². The number of hydrogen-bond acceptors (Lipinski definition) is 6. The van der Waals surface area contributed by atoms with Gasteiger partial charge in [-0.1, -0.05) is 60.6 Å². The molecule has 176 valence electrons. The Morgan fingerprint density at radius 1 is 0.941 bits per heavy atom. The van der Waals surface area contributed by atoms with E-state index >= 15 is 0 Å². The van der Waals surface area contributed by atoms with E-state index in [0.717, 1.165) is 81.6 Å². The van der Waals surface area contributed by atoms with Crippen LogP contribution in [0, 0.1) is 0 Å². The van der Waals surface area contributed by atoms with Gasteiger partial charge in [-0.25, -0.2) is 4.98 Å². The normalized spacial score (nSPS) is 14.8. The molecule has 0 radical (unpaired) electrons. The predicted molar refractivity (Wildman–Crippen MR) is 138 cm³/mol. The summed E-state index contributed by atoms with van der Waals surface area (Å²) in [5.74, 6) is 2.02. The van der Waals surface area contributed by atoms with Crippen LogP contribution in [0.3, 0.4) is 0 Å². The maximum atomic E-state index is 5.74. The average molecular weight is 456 g/mol. The fourth-order valence-corrected chi connectivity index (χ4v) is 4.79. The number of piperazine rings is 1. The van der Waals surface area contributed by atoms with Crippen molar-refractivity contribution in [2.75, 3.05) is 50.7 Å². The van der Waals surface area contributed by atoms with Crippen LogP contribution in [0.2, 0.25) is 0 Å². The molecule has 0 unspecified atom stereocenters. The molecule has 6 heteroatoms. The zero-order valence-electron chi connectivity index (χ0n) is 19.9. The third-order valence-electron chi connectivity index (χ3n) is 6.75. The van der Waals surface area contributed by atoms with Gasteiger partial charge in [0.2, 0.25) is 0 Å². The van der Waals surface area contributed by atoms with Gasteiger partial charge in [-0.2, -0.15) is 0 Å². The summed E-state index contributed by atoms with van der Waals surface area (Å²) in [6.07, 6.45) is 3.03. The fourth-order valence-electron chi connectivity index (χ4n) is 4.79. The van der Waals surface area contributed by atoms with Gasteiger partial charge in [0.05, 0.1) is 6.54 Å². The number of anilines is 1. The van der Waals surface area contributed by atoms with Gasteiger partial charge in [0.1, 0.15) is 11.5 Å². The molecule has 0 aliphatic carbocycles. The lowest BCUT2D eigenvalue weighted by Crippen LogP contribution is -2.47. The molecule has 1 aliphatic rings. The van der Waals surface area contributed by atoms with Crippen molar-refractivity contribution in [3.8, 4) is 11.3 Å². The molecule has 6 nitrogen and oxygen atoms in total. The lowest BCUT2D eigenvalue weighted by atomic mass is 10.0. The number of nitrogens with zero attached hydrogens (tertiary/aromatic N) is 5. The molecule has 34 heavy (non-hydrogen) atoms. The summed E-state index contributed by atoms with van der Waals surface area (Å²) in [4.78, 5) is 11.9.